The number of aromatic nitrogens is 3. The van der Waals surface area contributed by atoms with Crippen LogP contribution in [0, 0.1) is 6.92 Å². The first-order valence-electron chi connectivity index (χ1n) is 5.44. The number of nitrogens with two attached hydrogens (primary N) is 1. The molecular weight excluding hydrogens is 192 g/mol. The summed E-state index contributed by atoms with van der Waals surface area (Å²) in [4.78, 5) is 0. The normalized spacial score (nSPS) is 26.1. The minimum Gasteiger partial charge on any atom is -0.379 e. The van der Waals surface area contributed by atoms with Crippen LogP contribution in [-0.2, 0) is 16.8 Å². The summed E-state index contributed by atoms with van der Waals surface area (Å²) in [5.41, 5.74) is 5.84. The van der Waals surface area contributed by atoms with Crippen molar-refractivity contribution in [1.29, 1.82) is 0 Å². The summed E-state index contributed by atoms with van der Waals surface area (Å²) in [5.74, 6) is 1.81. The highest BCUT2D eigenvalue weighted by molar-refractivity contribution is 5.10. The summed E-state index contributed by atoms with van der Waals surface area (Å²) in [7, 11) is 0. The van der Waals surface area contributed by atoms with Gasteiger partial charge in [-0.2, -0.15) is 0 Å². The first-order chi connectivity index (χ1) is 7.17. The molecule has 0 radical (unpaired) electrons. The quantitative estimate of drug-likeness (QED) is 0.792. The molecule has 2 heterocycles. The van der Waals surface area contributed by atoms with Crippen molar-refractivity contribution in [1.82, 2.24) is 14.8 Å². The van der Waals surface area contributed by atoms with Crippen LogP contribution in [-0.4, -0.2) is 28.0 Å². The first-order valence-corrected chi connectivity index (χ1v) is 5.44. The van der Waals surface area contributed by atoms with E-state index in [-0.39, 0.29) is 0 Å². The first kappa shape index (κ1) is 10.6. The van der Waals surface area contributed by atoms with Crippen molar-refractivity contribution in [3.05, 3.63) is 11.6 Å². The standard InChI is InChI=1S/C10H18N4O/c1-3-5-14-8(2)12-13-9(14)10(11)4-6-15-7-10/h3-7,11H2,1-2H3. The minimum absolute atomic E-state index is 0.434. The Morgan fingerprint density at radius 2 is 2.33 bits per heavy atom. The van der Waals surface area contributed by atoms with E-state index in [2.05, 4.69) is 21.7 Å². The molecule has 0 bridgehead atoms. The van der Waals surface area contributed by atoms with Crippen LogP contribution in [0.25, 0.3) is 0 Å². The SMILES string of the molecule is CCCn1c(C)nnc1C1(N)CCOC1. The zero-order chi connectivity index (χ0) is 10.9. The molecule has 2 rings (SSSR count). The largest absolute Gasteiger partial charge is 0.379 e. The minimum atomic E-state index is -0.434. The van der Waals surface area contributed by atoms with E-state index in [1.54, 1.807) is 0 Å². The molecule has 1 saturated heterocycles. The maximum atomic E-state index is 6.28. The van der Waals surface area contributed by atoms with Gasteiger partial charge in [0.25, 0.3) is 0 Å². The molecule has 0 amide bonds. The highest BCUT2D eigenvalue weighted by Crippen LogP contribution is 2.26. The predicted octanol–water partition coefficient (Wildman–Crippen LogP) is 0.571. The Morgan fingerprint density at radius 1 is 1.53 bits per heavy atom. The predicted molar refractivity (Wildman–Crippen MR) is 56.4 cm³/mol. The third-order valence-corrected chi connectivity index (χ3v) is 2.88. The van der Waals surface area contributed by atoms with Crippen molar-refractivity contribution in [2.24, 2.45) is 5.73 Å². The molecule has 1 aromatic heterocycles. The molecular formula is C10H18N4O. The summed E-state index contributed by atoms with van der Waals surface area (Å²) in [6, 6.07) is 0. The Morgan fingerprint density at radius 3 is 2.93 bits per heavy atom. The fourth-order valence-corrected chi connectivity index (χ4v) is 2.00. The van der Waals surface area contributed by atoms with E-state index >= 15 is 0 Å². The van der Waals surface area contributed by atoms with E-state index in [1.165, 1.54) is 0 Å². The fourth-order valence-electron chi connectivity index (χ4n) is 2.00. The molecule has 0 aliphatic carbocycles. The van der Waals surface area contributed by atoms with Crippen molar-refractivity contribution in [2.45, 2.75) is 38.8 Å². The molecule has 1 fully saturated rings. The van der Waals surface area contributed by atoms with Crippen molar-refractivity contribution < 1.29 is 4.74 Å². The Balaban J connectivity index is 2.34. The Hall–Kier alpha value is -0.940. The van der Waals surface area contributed by atoms with Crippen LogP contribution in [0.4, 0.5) is 0 Å². The number of rotatable bonds is 3. The molecule has 5 nitrogen and oxygen atoms in total. The lowest BCUT2D eigenvalue weighted by molar-refractivity contribution is 0.175. The van der Waals surface area contributed by atoms with Crippen molar-refractivity contribution >= 4 is 0 Å². The monoisotopic (exact) mass is 210 g/mol. The van der Waals surface area contributed by atoms with Crippen molar-refractivity contribution in [3.8, 4) is 0 Å². The number of hydrogen-bond acceptors (Lipinski definition) is 4. The molecule has 1 aliphatic heterocycles. The number of ether oxygens (including phenoxy) is 1. The van der Waals surface area contributed by atoms with Crippen LogP contribution in [0.15, 0.2) is 0 Å². The van der Waals surface area contributed by atoms with Crippen molar-refractivity contribution in [3.63, 3.8) is 0 Å². The van der Waals surface area contributed by atoms with Gasteiger partial charge >= 0.3 is 0 Å². The van der Waals surface area contributed by atoms with Gasteiger partial charge in [0.1, 0.15) is 11.4 Å². The van der Waals surface area contributed by atoms with Gasteiger partial charge < -0.3 is 15.0 Å². The van der Waals surface area contributed by atoms with E-state index in [0.717, 1.165) is 31.0 Å². The molecule has 5 heteroatoms. The van der Waals surface area contributed by atoms with Crippen LogP contribution < -0.4 is 5.73 Å². The Kier molecular flexibility index (Phi) is 2.75. The molecule has 1 atom stereocenters. The maximum Gasteiger partial charge on any atom is 0.155 e. The summed E-state index contributed by atoms with van der Waals surface area (Å²) >= 11 is 0. The lowest BCUT2D eigenvalue weighted by Gasteiger charge is -2.21. The average Bonchev–Trinajstić information content (AvgIpc) is 2.77. The van der Waals surface area contributed by atoms with Gasteiger partial charge in [-0.15, -0.1) is 10.2 Å². The van der Waals surface area contributed by atoms with Gasteiger partial charge in [-0.25, -0.2) is 0 Å². The fraction of sp³-hybridized carbons (Fsp3) is 0.800. The molecule has 1 aliphatic rings. The van der Waals surface area contributed by atoms with E-state index in [4.69, 9.17) is 10.5 Å². The molecule has 1 unspecified atom stereocenters. The second-order valence-electron chi connectivity index (χ2n) is 4.18. The molecule has 2 N–H and O–H groups in total. The van der Waals surface area contributed by atoms with E-state index in [9.17, 15) is 0 Å². The summed E-state index contributed by atoms with van der Waals surface area (Å²) in [6.45, 7) is 6.29. The second-order valence-corrected chi connectivity index (χ2v) is 4.18. The third kappa shape index (κ3) is 1.77. The van der Waals surface area contributed by atoms with Gasteiger partial charge in [0, 0.05) is 13.2 Å². The van der Waals surface area contributed by atoms with Gasteiger partial charge in [-0.1, -0.05) is 6.92 Å². The van der Waals surface area contributed by atoms with Gasteiger partial charge in [0.05, 0.1) is 6.61 Å². The average molecular weight is 210 g/mol. The van der Waals surface area contributed by atoms with Gasteiger partial charge in [-0.05, 0) is 19.8 Å². The van der Waals surface area contributed by atoms with Crippen LogP contribution in [0.5, 0.6) is 0 Å². The van der Waals surface area contributed by atoms with Crippen LogP contribution in [0.3, 0.4) is 0 Å². The lowest BCUT2D eigenvalue weighted by atomic mass is 9.99. The molecule has 0 saturated carbocycles. The van der Waals surface area contributed by atoms with Crippen LogP contribution in [0.1, 0.15) is 31.4 Å². The van der Waals surface area contributed by atoms with Crippen molar-refractivity contribution in [2.75, 3.05) is 13.2 Å². The zero-order valence-corrected chi connectivity index (χ0v) is 9.36. The molecule has 0 aromatic carbocycles. The molecule has 1 aromatic rings. The molecule has 15 heavy (non-hydrogen) atoms. The van der Waals surface area contributed by atoms with Gasteiger partial charge in [-0.3, -0.25) is 0 Å². The topological polar surface area (TPSA) is 66.0 Å². The van der Waals surface area contributed by atoms with E-state index < -0.39 is 5.54 Å². The summed E-state index contributed by atoms with van der Waals surface area (Å²) in [5, 5.41) is 8.30. The number of hydrogen-bond donors (Lipinski definition) is 1. The molecule has 84 valence electrons. The summed E-state index contributed by atoms with van der Waals surface area (Å²) < 4.78 is 7.46. The smallest absolute Gasteiger partial charge is 0.155 e. The van der Waals surface area contributed by atoms with Gasteiger partial charge in [0.15, 0.2) is 5.82 Å². The number of aryl methyl sites for hydroxylation is 1. The highest BCUT2D eigenvalue weighted by atomic mass is 16.5. The number of nitrogens with zero attached hydrogens (tertiary/aromatic N) is 3. The zero-order valence-electron chi connectivity index (χ0n) is 9.36. The van der Waals surface area contributed by atoms with Crippen LogP contribution >= 0.6 is 0 Å². The Labute approximate surface area is 89.6 Å². The Bertz CT molecular complexity index is 341. The van der Waals surface area contributed by atoms with E-state index in [1.807, 2.05) is 6.92 Å². The summed E-state index contributed by atoms with van der Waals surface area (Å²) in [6.07, 6.45) is 1.89. The molecule has 0 spiro atoms. The lowest BCUT2D eigenvalue weighted by Crippen LogP contribution is -2.40. The van der Waals surface area contributed by atoms with Gasteiger partial charge in [0.2, 0.25) is 0 Å². The highest BCUT2D eigenvalue weighted by Gasteiger charge is 2.37. The second kappa shape index (κ2) is 3.90. The van der Waals surface area contributed by atoms with E-state index in [0.29, 0.717) is 13.2 Å². The maximum absolute atomic E-state index is 6.28. The third-order valence-electron chi connectivity index (χ3n) is 2.88. The van der Waals surface area contributed by atoms with Crippen LogP contribution in [0.2, 0.25) is 0 Å².